The summed E-state index contributed by atoms with van der Waals surface area (Å²) in [4.78, 5) is 23.0. The molecule has 0 fully saturated rings. The molecule has 1 rings (SSSR count). The molecule has 0 aliphatic heterocycles. The molecule has 0 heterocycles. The van der Waals surface area contributed by atoms with Crippen LogP contribution in [0.15, 0.2) is 18.2 Å². The molecule has 0 N–H and O–H groups in total. The molecule has 0 unspecified atom stereocenters. The van der Waals surface area contributed by atoms with Crippen LogP contribution in [-0.4, -0.2) is 31.3 Å². The highest BCUT2D eigenvalue weighted by atomic mass is 127. The molecule has 0 atom stereocenters. The number of methoxy groups -OCH3 is 1. The van der Waals surface area contributed by atoms with Crippen LogP contribution in [-0.2, 0) is 25.5 Å². The van der Waals surface area contributed by atoms with Gasteiger partial charge < -0.3 is 14.2 Å². The van der Waals surface area contributed by atoms with Crippen LogP contribution in [0.1, 0.15) is 26.3 Å². The van der Waals surface area contributed by atoms with Crippen molar-refractivity contribution in [1.82, 2.24) is 0 Å². The van der Waals surface area contributed by atoms with E-state index in [1.807, 2.05) is 12.1 Å². The van der Waals surface area contributed by atoms with Crippen molar-refractivity contribution in [3.63, 3.8) is 0 Å². The van der Waals surface area contributed by atoms with Crippen LogP contribution in [0.2, 0.25) is 0 Å². The molecule has 0 saturated carbocycles. The van der Waals surface area contributed by atoms with Crippen molar-refractivity contribution in [3.05, 3.63) is 27.3 Å². The third-order valence-corrected chi connectivity index (χ3v) is 3.02. The fourth-order valence-corrected chi connectivity index (χ4v) is 2.12. The van der Waals surface area contributed by atoms with E-state index in [9.17, 15) is 9.59 Å². The van der Waals surface area contributed by atoms with E-state index in [0.29, 0.717) is 11.3 Å². The molecule has 0 aromatic heterocycles. The predicted molar refractivity (Wildman–Crippen MR) is 86.2 cm³/mol. The van der Waals surface area contributed by atoms with Gasteiger partial charge in [0.2, 0.25) is 0 Å². The van der Waals surface area contributed by atoms with Crippen LogP contribution in [0.3, 0.4) is 0 Å². The molecule has 21 heavy (non-hydrogen) atoms. The highest BCUT2D eigenvalue weighted by molar-refractivity contribution is 14.1. The van der Waals surface area contributed by atoms with E-state index >= 15 is 0 Å². The van der Waals surface area contributed by atoms with Gasteiger partial charge >= 0.3 is 11.9 Å². The van der Waals surface area contributed by atoms with Crippen molar-refractivity contribution in [2.75, 3.05) is 13.7 Å². The number of esters is 2. The smallest absolute Gasteiger partial charge is 0.344 e. The number of benzene rings is 1. The van der Waals surface area contributed by atoms with Crippen LogP contribution >= 0.6 is 22.6 Å². The highest BCUT2D eigenvalue weighted by Gasteiger charge is 2.17. The number of hydrogen-bond donors (Lipinski definition) is 0. The zero-order valence-corrected chi connectivity index (χ0v) is 14.7. The average molecular weight is 406 g/mol. The first-order chi connectivity index (χ1) is 9.71. The lowest BCUT2D eigenvalue weighted by Gasteiger charge is -2.19. The van der Waals surface area contributed by atoms with Gasteiger partial charge in [-0.25, -0.2) is 4.79 Å². The highest BCUT2D eigenvalue weighted by Crippen LogP contribution is 2.22. The van der Waals surface area contributed by atoms with Crippen LogP contribution < -0.4 is 4.74 Å². The Labute approximate surface area is 138 Å². The van der Waals surface area contributed by atoms with E-state index in [-0.39, 0.29) is 19.0 Å². The first-order valence-corrected chi connectivity index (χ1v) is 7.49. The second-order valence-electron chi connectivity index (χ2n) is 5.38. The largest absolute Gasteiger partial charge is 0.482 e. The molecule has 1 aromatic carbocycles. The summed E-state index contributed by atoms with van der Waals surface area (Å²) >= 11 is 2.14. The van der Waals surface area contributed by atoms with Gasteiger partial charge in [-0.3, -0.25) is 4.79 Å². The van der Waals surface area contributed by atoms with E-state index < -0.39 is 11.6 Å². The maximum Gasteiger partial charge on any atom is 0.344 e. The lowest BCUT2D eigenvalue weighted by molar-refractivity contribution is -0.157. The summed E-state index contributed by atoms with van der Waals surface area (Å²) in [6.45, 7) is 5.17. The molecule has 0 amide bonds. The number of rotatable bonds is 5. The number of halogens is 1. The lowest BCUT2D eigenvalue weighted by Crippen LogP contribution is -2.27. The second-order valence-corrected chi connectivity index (χ2v) is 6.63. The SMILES string of the molecule is COC(=O)Cc1cc(I)ccc1OCC(=O)OC(C)(C)C. The Morgan fingerprint density at radius 1 is 1.19 bits per heavy atom. The summed E-state index contributed by atoms with van der Waals surface area (Å²) in [7, 11) is 1.33. The number of ether oxygens (including phenoxy) is 3. The topological polar surface area (TPSA) is 61.8 Å². The zero-order valence-electron chi connectivity index (χ0n) is 12.6. The van der Waals surface area contributed by atoms with E-state index in [1.165, 1.54) is 7.11 Å². The maximum absolute atomic E-state index is 11.6. The summed E-state index contributed by atoms with van der Waals surface area (Å²) < 4.78 is 16.2. The van der Waals surface area contributed by atoms with Gasteiger partial charge in [0.25, 0.3) is 0 Å². The van der Waals surface area contributed by atoms with Gasteiger partial charge in [-0.05, 0) is 61.6 Å². The van der Waals surface area contributed by atoms with Gasteiger partial charge in [0.15, 0.2) is 6.61 Å². The van der Waals surface area contributed by atoms with E-state index in [2.05, 4.69) is 27.3 Å². The van der Waals surface area contributed by atoms with E-state index in [1.54, 1.807) is 26.8 Å². The monoisotopic (exact) mass is 406 g/mol. The van der Waals surface area contributed by atoms with Crippen LogP contribution in [0.25, 0.3) is 0 Å². The second kappa shape index (κ2) is 7.63. The quantitative estimate of drug-likeness (QED) is 0.556. The van der Waals surface area contributed by atoms with E-state index in [0.717, 1.165) is 3.57 Å². The minimum atomic E-state index is -0.554. The van der Waals surface area contributed by atoms with Gasteiger partial charge in [-0.1, -0.05) is 0 Å². The minimum Gasteiger partial charge on any atom is -0.482 e. The number of hydrogen-bond acceptors (Lipinski definition) is 5. The maximum atomic E-state index is 11.6. The fourth-order valence-electron chi connectivity index (χ4n) is 1.56. The van der Waals surface area contributed by atoms with Gasteiger partial charge in [-0.2, -0.15) is 0 Å². The Hall–Kier alpha value is -1.31. The van der Waals surface area contributed by atoms with Gasteiger partial charge in [0, 0.05) is 9.13 Å². The Bertz CT molecular complexity index is 519. The third kappa shape index (κ3) is 6.79. The van der Waals surface area contributed by atoms with Crippen molar-refractivity contribution in [1.29, 1.82) is 0 Å². The van der Waals surface area contributed by atoms with Crippen molar-refractivity contribution in [3.8, 4) is 5.75 Å². The minimum absolute atomic E-state index is 0.0942. The Kier molecular flexibility index (Phi) is 6.44. The van der Waals surface area contributed by atoms with E-state index in [4.69, 9.17) is 9.47 Å². The van der Waals surface area contributed by atoms with Crippen molar-refractivity contribution < 1.29 is 23.8 Å². The summed E-state index contributed by atoms with van der Waals surface area (Å²) in [6, 6.07) is 5.39. The molecule has 0 saturated heterocycles. The summed E-state index contributed by atoms with van der Waals surface area (Å²) in [5.41, 5.74) is 0.124. The Morgan fingerprint density at radius 2 is 1.86 bits per heavy atom. The summed E-state index contributed by atoms with van der Waals surface area (Å²) in [5, 5.41) is 0. The van der Waals surface area contributed by atoms with Crippen molar-refractivity contribution in [2.45, 2.75) is 32.8 Å². The number of carbonyl (C=O) groups excluding carboxylic acids is 2. The molecule has 0 radical (unpaired) electrons. The summed E-state index contributed by atoms with van der Waals surface area (Å²) in [6.07, 6.45) is 0.0942. The zero-order chi connectivity index (χ0) is 16.0. The van der Waals surface area contributed by atoms with Gasteiger partial charge in [0.1, 0.15) is 11.4 Å². The molecule has 0 aliphatic carbocycles. The number of carbonyl (C=O) groups is 2. The van der Waals surface area contributed by atoms with Crippen molar-refractivity contribution >= 4 is 34.5 Å². The molecule has 1 aromatic rings. The predicted octanol–water partition coefficient (Wildman–Crippen LogP) is 2.73. The molecule has 0 aliphatic rings. The van der Waals surface area contributed by atoms with Gasteiger partial charge in [0.05, 0.1) is 13.5 Å². The Morgan fingerprint density at radius 3 is 2.43 bits per heavy atom. The first kappa shape index (κ1) is 17.7. The molecule has 116 valence electrons. The first-order valence-electron chi connectivity index (χ1n) is 6.41. The average Bonchev–Trinajstić information content (AvgIpc) is 2.35. The van der Waals surface area contributed by atoms with Crippen LogP contribution in [0.4, 0.5) is 0 Å². The van der Waals surface area contributed by atoms with Gasteiger partial charge in [-0.15, -0.1) is 0 Å². The fraction of sp³-hybridized carbons (Fsp3) is 0.467. The molecular formula is C15H19IO5. The molecule has 6 heteroatoms. The normalized spacial score (nSPS) is 10.9. The molecule has 0 bridgehead atoms. The standard InChI is InChI=1S/C15H19IO5/c1-15(2,3)21-14(18)9-20-12-6-5-11(16)7-10(12)8-13(17)19-4/h5-7H,8-9H2,1-4H3. The molecule has 0 spiro atoms. The Balaban J connectivity index is 2.74. The molecule has 5 nitrogen and oxygen atoms in total. The molecular weight excluding hydrogens is 387 g/mol. The lowest BCUT2D eigenvalue weighted by atomic mass is 10.1. The van der Waals surface area contributed by atoms with Crippen LogP contribution in [0, 0.1) is 3.57 Å². The third-order valence-electron chi connectivity index (χ3n) is 2.35. The van der Waals surface area contributed by atoms with Crippen LogP contribution in [0.5, 0.6) is 5.75 Å². The van der Waals surface area contributed by atoms with Crippen molar-refractivity contribution in [2.24, 2.45) is 0 Å². The summed E-state index contributed by atoms with van der Waals surface area (Å²) in [5.74, 6) is -0.337.